The predicted molar refractivity (Wildman–Crippen MR) is 130 cm³/mol. The first-order valence-electron chi connectivity index (χ1n) is 11.0. The van der Waals surface area contributed by atoms with E-state index in [-0.39, 0.29) is 17.9 Å². The molecule has 172 valence electrons. The smallest absolute Gasteiger partial charge is 0.324 e. The minimum Gasteiger partial charge on any atom is -0.445 e. The molecule has 1 atom stereocenters. The van der Waals surface area contributed by atoms with Crippen LogP contribution in [-0.2, 0) is 13.1 Å². The van der Waals surface area contributed by atoms with Crippen molar-refractivity contribution in [2.45, 2.75) is 13.1 Å². The molecule has 34 heavy (non-hydrogen) atoms. The van der Waals surface area contributed by atoms with E-state index >= 15 is 0 Å². The molecule has 5 rings (SSSR count). The van der Waals surface area contributed by atoms with Crippen molar-refractivity contribution >= 4 is 29.2 Å². The highest BCUT2D eigenvalue weighted by Gasteiger charge is 2.31. The lowest BCUT2D eigenvalue weighted by molar-refractivity contribution is 0.0950. The van der Waals surface area contributed by atoms with Crippen molar-refractivity contribution in [1.82, 2.24) is 15.2 Å². The van der Waals surface area contributed by atoms with E-state index in [9.17, 15) is 9.59 Å². The standard InChI is InChI=1S/C26H23ClN4O3/c1-30-15-21-9-8-18(13-23(21)31(26(30)33)16-20-6-3-7-22(20)27)24(32)29-14-17-4-2-5-19(12-17)25-28-10-11-34-25/h2-13,20H,14-16H2,1H3,(H,29,32). The lowest BCUT2D eigenvalue weighted by atomic mass is 10.0. The van der Waals surface area contributed by atoms with Gasteiger partial charge in [0, 0.05) is 48.8 Å². The number of allylic oxidation sites excluding steroid dienone is 2. The fourth-order valence-corrected chi connectivity index (χ4v) is 4.42. The molecule has 1 aliphatic heterocycles. The molecule has 2 aliphatic rings. The average molecular weight is 475 g/mol. The molecule has 0 saturated heterocycles. The number of hydrogen-bond donors (Lipinski definition) is 1. The number of oxazole rings is 1. The topological polar surface area (TPSA) is 78.7 Å². The van der Waals surface area contributed by atoms with Gasteiger partial charge in [0.25, 0.3) is 5.91 Å². The van der Waals surface area contributed by atoms with Crippen LogP contribution >= 0.6 is 11.6 Å². The Morgan fingerprint density at radius 1 is 1.26 bits per heavy atom. The molecule has 2 heterocycles. The highest BCUT2D eigenvalue weighted by molar-refractivity contribution is 6.30. The molecule has 3 aromatic rings. The second kappa shape index (κ2) is 9.19. The van der Waals surface area contributed by atoms with Crippen molar-refractivity contribution < 1.29 is 14.0 Å². The quantitative estimate of drug-likeness (QED) is 0.548. The number of urea groups is 1. The van der Waals surface area contributed by atoms with Crippen LogP contribution in [0.4, 0.5) is 10.5 Å². The number of carbonyl (C=O) groups is 2. The SMILES string of the molecule is CN1Cc2ccc(C(=O)NCc3cccc(-c4ncco4)c3)cc2N(CC2C=CC=C2Cl)C1=O. The van der Waals surface area contributed by atoms with E-state index < -0.39 is 0 Å². The van der Waals surface area contributed by atoms with Gasteiger partial charge in [-0.3, -0.25) is 9.69 Å². The third-order valence-corrected chi connectivity index (χ3v) is 6.40. The van der Waals surface area contributed by atoms with Crippen molar-refractivity contribution in [2.75, 3.05) is 18.5 Å². The van der Waals surface area contributed by atoms with Gasteiger partial charge in [-0.2, -0.15) is 0 Å². The Hall–Kier alpha value is -3.84. The molecule has 1 N–H and O–H groups in total. The first-order valence-corrected chi connectivity index (χ1v) is 11.3. The Bertz CT molecular complexity index is 1300. The number of carbonyl (C=O) groups excluding carboxylic acids is 2. The van der Waals surface area contributed by atoms with Gasteiger partial charge >= 0.3 is 6.03 Å². The highest BCUT2D eigenvalue weighted by Crippen LogP contribution is 2.33. The molecule has 0 spiro atoms. The molecular formula is C26H23ClN4O3. The van der Waals surface area contributed by atoms with E-state index in [0.717, 1.165) is 22.4 Å². The summed E-state index contributed by atoms with van der Waals surface area (Å²) in [6.45, 7) is 1.26. The first kappa shape index (κ1) is 22.0. The molecule has 0 saturated carbocycles. The number of fused-ring (bicyclic) bond motifs is 1. The third kappa shape index (κ3) is 4.34. The molecule has 1 aliphatic carbocycles. The summed E-state index contributed by atoms with van der Waals surface area (Å²) < 4.78 is 5.35. The molecule has 7 nitrogen and oxygen atoms in total. The van der Waals surface area contributed by atoms with E-state index in [1.54, 1.807) is 35.2 Å². The van der Waals surface area contributed by atoms with Crippen molar-refractivity contribution in [3.8, 4) is 11.5 Å². The summed E-state index contributed by atoms with van der Waals surface area (Å²) in [5, 5.41) is 3.66. The number of amides is 3. The zero-order valence-electron chi connectivity index (χ0n) is 18.6. The van der Waals surface area contributed by atoms with Crippen LogP contribution in [-0.4, -0.2) is 35.4 Å². The zero-order valence-corrected chi connectivity index (χ0v) is 19.3. The van der Waals surface area contributed by atoms with Crippen LogP contribution in [0.15, 0.2) is 82.6 Å². The lowest BCUT2D eigenvalue weighted by Gasteiger charge is -2.36. The minimum absolute atomic E-state index is 0.0571. The van der Waals surface area contributed by atoms with Crippen LogP contribution in [0.1, 0.15) is 21.5 Å². The summed E-state index contributed by atoms with van der Waals surface area (Å²) in [4.78, 5) is 33.5. The largest absolute Gasteiger partial charge is 0.445 e. The van der Waals surface area contributed by atoms with E-state index in [1.165, 1.54) is 6.26 Å². The second-order valence-electron chi connectivity index (χ2n) is 8.36. The Labute approximate surface area is 202 Å². The maximum atomic E-state index is 13.0. The minimum atomic E-state index is -0.214. The molecule has 0 bridgehead atoms. The van der Waals surface area contributed by atoms with Crippen LogP contribution < -0.4 is 10.2 Å². The number of hydrogen-bond acceptors (Lipinski definition) is 4. The second-order valence-corrected chi connectivity index (χ2v) is 8.79. The highest BCUT2D eigenvalue weighted by atomic mass is 35.5. The molecule has 8 heteroatoms. The van der Waals surface area contributed by atoms with Crippen LogP contribution in [0.25, 0.3) is 11.5 Å². The van der Waals surface area contributed by atoms with Gasteiger partial charge in [-0.1, -0.05) is 42.0 Å². The normalized spacial score (nSPS) is 17.1. The maximum absolute atomic E-state index is 13.0. The van der Waals surface area contributed by atoms with Crippen molar-refractivity contribution in [2.24, 2.45) is 5.92 Å². The van der Waals surface area contributed by atoms with Gasteiger partial charge in [-0.15, -0.1) is 0 Å². The predicted octanol–water partition coefficient (Wildman–Crippen LogP) is 4.95. The number of nitrogens with zero attached hydrogens (tertiary/aromatic N) is 3. The van der Waals surface area contributed by atoms with E-state index in [1.807, 2.05) is 48.6 Å². The Kier molecular flexibility index (Phi) is 5.94. The van der Waals surface area contributed by atoms with Crippen LogP contribution in [0.3, 0.4) is 0 Å². The van der Waals surface area contributed by atoms with Crippen molar-refractivity contribution in [3.05, 3.63) is 94.9 Å². The van der Waals surface area contributed by atoms with Crippen LogP contribution in [0.2, 0.25) is 0 Å². The van der Waals surface area contributed by atoms with Gasteiger partial charge in [0.2, 0.25) is 5.89 Å². The number of nitrogens with one attached hydrogen (secondary N) is 1. The summed E-state index contributed by atoms with van der Waals surface area (Å²) in [7, 11) is 1.77. The monoisotopic (exact) mass is 474 g/mol. The van der Waals surface area contributed by atoms with Gasteiger partial charge in [0.05, 0.1) is 11.9 Å². The van der Waals surface area contributed by atoms with Crippen LogP contribution in [0.5, 0.6) is 0 Å². The fraction of sp³-hybridized carbons (Fsp3) is 0.192. The molecule has 0 radical (unpaired) electrons. The maximum Gasteiger partial charge on any atom is 0.324 e. The molecule has 1 unspecified atom stereocenters. The zero-order chi connectivity index (χ0) is 23.7. The molecule has 1 aromatic heterocycles. The summed E-state index contributed by atoms with van der Waals surface area (Å²) in [5.41, 5.74) is 3.99. The number of benzene rings is 2. The molecular weight excluding hydrogens is 452 g/mol. The lowest BCUT2D eigenvalue weighted by Crippen LogP contribution is -2.47. The van der Waals surface area contributed by atoms with Crippen LogP contribution in [0, 0.1) is 5.92 Å². The summed E-state index contributed by atoms with van der Waals surface area (Å²) >= 11 is 6.31. The third-order valence-electron chi connectivity index (χ3n) is 5.99. The molecule has 0 fully saturated rings. The number of anilines is 1. The van der Waals surface area contributed by atoms with Crippen molar-refractivity contribution in [3.63, 3.8) is 0 Å². The number of aromatic nitrogens is 1. The van der Waals surface area contributed by atoms with E-state index in [0.29, 0.717) is 36.1 Å². The Morgan fingerprint density at radius 2 is 2.15 bits per heavy atom. The van der Waals surface area contributed by atoms with Gasteiger partial charge in [0.15, 0.2) is 0 Å². The molecule has 2 aromatic carbocycles. The van der Waals surface area contributed by atoms with Gasteiger partial charge in [-0.05, 0) is 41.5 Å². The van der Waals surface area contributed by atoms with Crippen molar-refractivity contribution in [1.29, 1.82) is 0 Å². The summed E-state index contributed by atoms with van der Waals surface area (Å²) in [6.07, 6.45) is 8.84. The Balaban J connectivity index is 1.33. The average Bonchev–Trinajstić information content (AvgIpc) is 3.53. The van der Waals surface area contributed by atoms with Gasteiger partial charge in [-0.25, -0.2) is 9.78 Å². The first-order chi connectivity index (χ1) is 16.5. The molecule has 3 amide bonds. The number of rotatable bonds is 6. The summed E-state index contributed by atoms with van der Waals surface area (Å²) in [6, 6.07) is 13.0. The van der Waals surface area contributed by atoms with Gasteiger partial charge in [0.1, 0.15) is 6.26 Å². The Morgan fingerprint density at radius 3 is 2.91 bits per heavy atom. The summed E-state index contributed by atoms with van der Waals surface area (Å²) in [5.74, 6) is 0.261. The fourth-order valence-electron chi connectivity index (χ4n) is 4.21. The van der Waals surface area contributed by atoms with E-state index in [2.05, 4.69) is 10.3 Å². The van der Waals surface area contributed by atoms with Gasteiger partial charge < -0.3 is 14.6 Å². The number of halogens is 1. The van der Waals surface area contributed by atoms with E-state index in [4.69, 9.17) is 16.0 Å².